The molecule has 132 valence electrons. The minimum atomic E-state index is 0.491. The van der Waals surface area contributed by atoms with Crippen LogP contribution in [0.2, 0.25) is 0 Å². The van der Waals surface area contributed by atoms with Gasteiger partial charge in [0, 0.05) is 25.3 Å². The summed E-state index contributed by atoms with van der Waals surface area (Å²) in [4.78, 5) is 11.7. The molecule has 0 unspecified atom stereocenters. The summed E-state index contributed by atoms with van der Waals surface area (Å²) in [5, 5.41) is 12.4. The molecule has 1 atom stereocenters. The highest BCUT2D eigenvalue weighted by molar-refractivity contribution is 5.79. The summed E-state index contributed by atoms with van der Waals surface area (Å²) in [6, 6.07) is 14.6. The van der Waals surface area contributed by atoms with E-state index in [1.54, 1.807) is 6.20 Å². The summed E-state index contributed by atoms with van der Waals surface area (Å²) >= 11 is 0. The average molecular weight is 346 g/mol. The number of rotatable bonds is 4. The van der Waals surface area contributed by atoms with Crippen molar-refractivity contribution in [3.8, 4) is 6.07 Å². The van der Waals surface area contributed by atoms with Gasteiger partial charge in [0.2, 0.25) is 5.95 Å². The minimum absolute atomic E-state index is 0.491. The van der Waals surface area contributed by atoms with Crippen molar-refractivity contribution < 1.29 is 0 Å². The zero-order valence-corrected chi connectivity index (χ0v) is 14.9. The van der Waals surface area contributed by atoms with E-state index in [0.29, 0.717) is 18.2 Å². The van der Waals surface area contributed by atoms with Crippen LogP contribution in [0.15, 0.2) is 42.6 Å². The molecule has 0 spiro atoms. The SMILES string of the molecule is CN[C@H]1CCCN(c2nc3ccccc3n2Cc2ccc(C#N)cn2)C1. The molecule has 0 amide bonds. The molecule has 6 heteroatoms. The molecule has 6 nitrogen and oxygen atoms in total. The molecule has 4 rings (SSSR count). The van der Waals surface area contributed by atoms with Crippen molar-refractivity contribution in [2.45, 2.75) is 25.4 Å². The third kappa shape index (κ3) is 3.14. The van der Waals surface area contributed by atoms with Gasteiger partial charge in [-0.15, -0.1) is 0 Å². The number of anilines is 1. The Hall–Kier alpha value is -2.91. The first-order valence-electron chi connectivity index (χ1n) is 9.01. The van der Waals surface area contributed by atoms with E-state index in [9.17, 15) is 0 Å². The second-order valence-electron chi connectivity index (χ2n) is 6.71. The Labute approximate surface area is 153 Å². The Morgan fingerprint density at radius 2 is 2.15 bits per heavy atom. The van der Waals surface area contributed by atoms with Crippen LogP contribution in [0, 0.1) is 11.3 Å². The molecule has 0 aliphatic carbocycles. The van der Waals surface area contributed by atoms with E-state index in [1.807, 2.05) is 31.3 Å². The molecule has 1 aliphatic heterocycles. The number of fused-ring (bicyclic) bond motifs is 1. The molecule has 0 radical (unpaired) electrons. The Bertz CT molecular complexity index is 937. The number of nitrogens with zero attached hydrogens (tertiary/aromatic N) is 5. The Balaban J connectivity index is 1.72. The number of nitriles is 1. The van der Waals surface area contributed by atoms with Gasteiger partial charge in [-0.05, 0) is 44.2 Å². The second-order valence-corrected chi connectivity index (χ2v) is 6.71. The fraction of sp³-hybridized carbons (Fsp3) is 0.350. The quantitative estimate of drug-likeness (QED) is 0.786. The molecule has 1 N–H and O–H groups in total. The van der Waals surface area contributed by atoms with Gasteiger partial charge in [-0.25, -0.2) is 4.98 Å². The molecule has 3 aromatic rings. The van der Waals surface area contributed by atoms with Crippen molar-refractivity contribution in [1.29, 1.82) is 5.26 Å². The van der Waals surface area contributed by atoms with Crippen LogP contribution in [0.1, 0.15) is 24.1 Å². The van der Waals surface area contributed by atoms with Gasteiger partial charge >= 0.3 is 0 Å². The number of hydrogen-bond donors (Lipinski definition) is 1. The molecule has 2 aromatic heterocycles. The van der Waals surface area contributed by atoms with Gasteiger partial charge in [-0.3, -0.25) is 4.98 Å². The van der Waals surface area contributed by atoms with Gasteiger partial charge in [-0.1, -0.05) is 12.1 Å². The number of likely N-dealkylation sites (N-methyl/N-ethyl adjacent to an activating group) is 1. The minimum Gasteiger partial charge on any atom is -0.341 e. The first-order valence-corrected chi connectivity index (χ1v) is 9.01. The molecule has 0 bridgehead atoms. The fourth-order valence-electron chi connectivity index (χ4n) is 3.60. The van der Waals surface area contributed by atoms with E-state index in [-0.39, 0.29) is 0 Å². The number of pyridine rings is 1. The van der Waals surface area contributed by atoms with Crippen molar-refractivity contribution in [2.24, 2.45) is 0 Å². The Morgan fingerprint density at radius 3 is 2.92 bits per heavy atom. The van der Waals surface area contributed by atoms with Crippen molar-refractivity contribution >= 4 is 17.0 Å². The lowest BCUT2D eigenvalue weighted by atomic mass is 10.1. The van der Waals surface area contributed by atoms with Crippen molar-refractivity contribution in [3.05, 3.63) is 53.9 Å². The number of benzene rings is 1. The van der Waals surface area contributed by atoms with Crippen molar-refractivity contribution in [3.63, 3.8) is 0 Å². The summed E-state index contributed by atoms with van der Waals surface area (Å²) in [5.74, 6) is 0.998. The summed E-state index contributed by atoms with van der Waals surface area (Å²) in [6.45, 7) is 2.62. The number of aromatic nitrogens is 3. The largest absolute Gasteiger partial charge is 0.341 e. The van der Waals surface area contributed by atoms with E-state index < -0.39 is 0 Å². The maximum Gasteiger partial charge on any atom is 0.206 e. The van der Waals surface area contributed by atoms with Crippen LogP contribution in [0.3, 0.4) is 0 Å². The first kappa shape index (κ1) is 16.6. The number of para-hydroxylation sites is 2. The Kier molecular flexibility index (Phi) is 4.55. The van der Waals surface area contributed by atoms with Crippen LogP contribution >= 0.6 is 0 Å². The molecule has 1 saturated heterocycles. The predicted molar refractivity (Wildman–Crippen MR) is 102 cm³/mol. The maximum atomic E-state index is 8.97. The van der Waals surface area contributed by atoms with Crippen LogP contribution in [-0.2, 0) is 6.54 Å². The molecule has 1 aromatic carbocycles. The monoisotopic (exact) mass is 346 g/mol. The summed E-state index contributed by atoms with van der Waals surface area (Å²) in [5.41, 5.74) is 3.62. The molecular weight excluding hydrogens is 324 g/mol. The van der Waals surface area contributed by atoms with E-state index in [4.69, 9.17) is 10.2 Å². The Morgan fingerprint density at radius 1 is 1.27 bits per heavy atom. The number of imidazole rings is 1. The van der Waals surface area contributed by atoms with Crippen LogP contribution in [0.25, 0.3) is 11.0 Å². The number of piperidine rings is 1. The van der Waals surface area contributed by atoms with E-state index in [1.165, 1.54) is 6.42 Å². The zero-order chi connectivity index (χ0) is 17.9. The van der Waals surface area contributed by atoms with Crippen LogP contribution in [0.4, 0.5) is 5.95 Å². The molecule has 3 heterocycles. The standard InChI is InChI=1S/C20H22N6/c1-22-16-5-4-10-25(13-16)20-24-18-6-2-3-7-19(18)26(20)14-17-9-8-15(11-21)12-23-17/h2-3,6-9,12,16,22H,4-5,10,13-14H2,1H3/t16-/m0/s1. The zero-order valence-electron chi connectivity index (χ0n) is 14.9. The van der Waals surface area contributed by atoms with E-state index in [2.05, 4.69) is 38.0 Å². The summed E-state index contributed by atoms with van der Waals surface area (Å²) in [6.07, 6.45) is 3.99. The average Bonchev–Trinajstić information content (AvgIpc) is 3.07. The van der Waals surface area contributed by atoms with E-state index >= 15 is 0 Å². The van der Waals surface area contributed by atoms with Gasteiger partial charge in [0.25, 0.3) is 0 Å². The smallest absolute Gasteiger partial charge is 0.206 e. The second kappa shape index (κ2) is 7.14. The van der Waals surface area contributed by atoms with Crippen LogP contribution in [-0.4, -0.2) is 40.7 Å². The van der Waals surface area contributed by atoms with Gasteiger partial charge in [0.1, 0.15) is 6.07 Å². The van der Waals surface area contributed by atoms with Gasteiger partial charge in [0.05, 0.1) is 28.8 Å². The molecule has 0 saturated carbocycles. The third-order valence-electron chi connectivity index (χ3n) is 5.02. The van der Waals surface area contributed by atoms with Gasteiger partial charge in [0.15, 0.2) is 0 Å². The first-order chi connectivity index (χ1) is 12.8. The number of nitrogens with one attached hydrogen (secondary N) is 1. The molecule has 26 heavy (non-hydrogen) atoms. The summed E-state index contributed by atoms with van der Waals surface area (Å²) in [7, 11) is 2.03. The molecular formula is C20H22N6. The van der Waals surface area contributed by atoms with Gasteiger partial charge < -0.3 is 14.8 Å². The normalized spacial score (nSPS) is 17.4. The van der Waals surface area contributed by atoms with Crippen molar-refractivity contribution in [2.75, 3.05) is 25.0 Å². The number of hydrogen-bond acceptors (Lipinski definition) is 5. The van der Waals surface area contributed by atoms with Crippen molar-refractivity contribution in [1.82, 2.24) is 19.9 Å². The highest BCUT2D eigenvalue weighted by atomic mass is 15.3. The maximum absolute atomic E-state index is 8.97. The molecule has 1 aliphatic rings. The van der Waals surface area contributed by atoms with Crippen LogP contribution < -0.4 is 10.2 Å². The fourth-order valence-corrected chi connectivity index (χ4v) is 3.60. The van der Waals surface area contributed by atoms with E-state index in [0.717, 1.165) is 42.2 Å². The predicted octanol–water partition coefficient (Wildman–Crippen LogP) is 2.54. The highest BCUT2D eigenvalue weighted by Crippen LogP contribution is 2.26. The van der Waals surface area contributed by atoms with Gasteiger partial charge in [-0.2, -0.15) is 5.26 Å². The molecule has 1 fully saturated rings. The van der Waals surface area contributed by atoms with Crippen LogP contribution in [0.5, 0.6) is 0 Å². The lowest BCUT2D eigenvalue weighted by Gasteiger charge is -2.33. The lowest BCUT2D eigenvalue weighted by Crippen LogP contribution is -2.45. The highest BCUT2D eigenvalue weighted by Gasteiger charge is 2.23. The topological polar surface area (TPSA) is 69.8 Å². The lowest BCUT2D eigenvalue weighted by molar-refractivity contribution is 0.442. The third-order valence-corrected chi connectivity index (χ3v) is 5.02. The summed E-state index contributed by atoms with van der Waals surface area (Å²) < 4.78 is 2.24.